The number of cyclic esters (lactones) is 1. The molecule has 0 saturated carbocycles. The molecule has 2 aliphatic rings. The van der Waals surface area contributed by atoms with Crippen molar-refractivity contribution in [3.05, 3.63) is 24.0 Å². The number of anilines is 2. The van der Waals surface area contributed by atoms with E-state index < -0.39 is 23.3 Å². The summed E-state index contributed by atoms with van der Waals surface area (Å²) in [5.41, 5.74) is 0.752. The highest BCUT2D eigenvalue weighted by Gasteiger charge is 2.34. The zero-order valence-electron chi connectivity index (χ0n) is 16.5. The zero-order valence-corrected chi connectivity index (χ0v) is 17.3. The summed E-state index contributed by atoms with van der Waals surface area (Å²) >= 11 is 3.73. The number of halogens is 1. The van der Waals surface area contributed by atoms with E-state index in [1.54, 1.807) is 24.1 Å². The highest BCUT2D eigenvalue weighted by molar-refractivity contribution is 7.96. The van der Waals surface area contributed by atoms with Gasteiger partial charge in [-0.1, -0.05) is 12.6 Å². The molecule has 0 spiro atoms. The Morgan fingerprint density at radius 3 is 2.63 bits per heavy atom. The molecule has 0 N–H and O–H groups in total. The van der Waals surface area contributed by atoms with Crippen molar-refractivity contribution in [1.82, 2.24) is 9.80 Å². The number of amides is 3. The molecule has 0 aliphatic carbocycles. The summed E-state index contributed by atoms with van der Waals surface area (Å²) in [6, 6.07) is 6.36. The third-order valence-corrected chi connectivity index (χ3v) is 5.47. The van der Waals surface area contributed by atoms with Crippen LogP contribution in [0.1, 0.15) is 6.42 Å². The Morgan fingerprint density at radius 2 is 2.03 bits per heavy atom. The van der Waals surface area contributed by atoms with Gasteiger partial charge in [-0.15, -0.1) is 0 Å². The van der Waals surface area contributed by atoms with E-state index in [4.69, 9.17) is 10.00 Å². The molecule has 3 amide bonds. The number of thiol groups is 1. The molecule has 9 nitrogen and oxygen atoms in total. The molecule has 2 saturated heterocycles. The number of piperazine rings is 1. The van der Waals surface area contributed by atoms with E-state index in [2.05, 4.69) is 12.6 Å². The SMILES string of the molecule is CN(C[C@@H]1CN(c2ccc(N3CCN(C(=O)CC#N)CC3)c(F)c2)C(=O)O1)C(=O)S. The van der Waals surface area contributed by atoms with E-state index in [9.17, 15) is 18.8 Å². The van der Waals surface area contributed by atoms with Crippen molar-refractivity contribution in [3.8, 4) is 6.07 Å². The van der Waals surface area contributed by atoms with Crippen LogP contribution in [-0.2, 0) is 9.53 Å². The summed E-state index contributed by atoms with van der Waals surface area (Å²) in [6.45, 7) is 2.12. The minimum absolute atomic E-state index is 0.159. The van der Waals surface area contributed by atoms with Gasteiger partial charge in [0.25, 0.3) is 5.24 Å². The summed E-state index contributed by atoms with van der Waals surface area (Å²) in [5, 5.41) is 8.20. The predicted molar refractivity (Wildman–Crippen MR) is 110 cm³/mol. The fraction of sp³-hybridized carbons (Fsp3) is 0.474. The molecule has 0 bridgehead atoms. The number of rotatable bonds is 5. The van der Waals surface area contributed by atoms with Crippen molar-refractivity contribution in [2.75, 3.05) is 56.1 Å². The lowest BCUT2D eigenvalue weighted by atomic mass is 10.2. The largest absolute Gasteiger partial charge is 0.442 e. The van der Waals surface area contributed by atoms with Crippen LogP contribution in [0.2, 0.25) is 0 Å². The van der Waals surface area contributed by atoms with Crippen molar-refractivity contribution in [1.29, 1.82) is 5.26 Å². The number of carbonyl (C=O) groups excluding carboxylic acids is 3. The molecule has 2 fully saturated rings. The Bertz CT molecular complexity index is 884. The second-order valence-corrected chi connectivity index (χ2v) is 7.50. The summed E-state index contributed by atoms with van der Waals surface area (Å²) in [4.78, 5) is 41.3. The predicted octanol–water partition coefficient (Wildman–Crippen LogP) is 1.69. The quantitative estimate of drug-likeness (QED) is 0.707. The first-order chi connectivity index (χ1) is 14.3. The van der Waals surface area contributed by atoms with E-state index in [1.165, 1.54) is 15.9 Å². The summed E-state index contributed by atoms with van der Waals surface area (Å²) in [5.74, 6) is -0.705. The second-order valence-electron chi connectivity index (χ2n) is 7.12. The fourth-order valence-corrected chi connectivity index (χ4v) is 3.59. The molecule has 0 unspecified atom stereocenters. The number of hydrogen-bond acceptors (Lipinski definition) is 6. The molecule has 1 aromatic rings. The maximum absolute atomic E-state index is 14.8. The smallest absolute Gasteiger partial charge is 0.414 e. The Kier molecular flexibility index (Phi) is 6.66. The van der Waals surface area contributed by atoms with Crippen molar-refractivity contribution in [3.63, 3.8) is 0 Å². The van der Waals surface area contributed by atoms with Gasteiger partial charge in [-0.2, -0.15) is 5.26 Å². The first-order valence-electron chi connectivity index (χ1n) is 9.41. The van der Waals surface area contributed by atoms with Gasteiger partial charge >= 0.3 is 6.09 Å². The highest BCUT2D eigenvalue weighted by Crippen LogP contribution is 2.28. The molecule has 160 valence electrons. The van der Waals surface area contributed by atoms with Crippen LogP contribution in [0.5, 0.6) is 0 Å². The number of hydrogen-bond donors (Lipinski definition) is 1. The first kappa shape index (κ1) is 21.7. The van der Waals surface area contributed by atoms with Gasteiger partial charge in [-0.05, 0) is 18.2 Å². The molecule has 0 aromatic heterocycles. The van der Waals surface area contributed by atoms with Crippen molar-refractivity contribution in [2.24, 2.45) is 0 Å². The average molecular weight is 435 g/mol. The lowest BCUT2D eigenvalue weighted by molar-refractivity contribution is -0.130. The average Bonchev–Trinajstić information content (AvgIpc) is 3.08. The number of likely N-dealkylation sites (N-methyl/N-ethyl adjacent to an activating group) is 1. The van der Waals surface area contributed by atoms with E-state index in [0.29, 0.717) is 37.6 Å². The minimum atomic E-state index is -0.600. The molecule has 1 aromatic carbocycles. The molecule has 30 heavy (non-hydrogen) atoms. The van der Waals surface area contributed by atoms with Crippen LogP contribution in [-0.4, -0.2) is 79.5 Å². The molecule has 11 heteroatoms. The number of carbonyl (C=O) groups is 3. The number of ether oxygens (including phenoxy) is 1. The molecule has 3 rings (SSSR count). The maximum Gasteiger partial charge on any atom is 0.414 e. The normalized spacial score (nSPS) is 18.8. The van der Waals surface area contributed by atoms with Crippen LogP contribution in [0.4, 0.5) is 25.4 Å². The summed E-state index contributed by atoms with van der Waals surface area (Å²) in [6.07, 6.45) is -1.29. The van der Waals surface area contributed by atoms with Crippen molar-refractivity contribution in [2.45, 2.75) is 12.5 Å². The maximum atomic E-state index is 14.8. The Hall–Kier alpha value is -3.00. The van der Waals surface area contributed by atoms with Crippen LogP contribution in [0.15, 0.2) is 18.2 Å². The van der Waals surface area contributed by atoms with Gasteiger partial charge in [0.05, 0.1) is 30.5 Å². The lowest BCUT2D eigenvalue weighted by Crippen LogP contribution is -2.49. The van der Waals surface area contributed by atoms with Crippen molar-refractivity contribution < 1.29 is 23.5 Å². The number of benzene rings is 1. The Balaban J connectivity index is 1.63. The van der Waals surface area contributed by atoms with Crippen LogP contribution in [0.25, 0.3) is 0 Å². The van der Waals surface area contributed by atoms with Gasteiger partial charge in [-0.3, -0.25) is 14.5 Å². The van der Waals surface area contributed by atoms with Gasteiger partial charge in [0.15, 0.2) is 0 Å². The van der Waals surface area contributed by atoms with E-state index >= 15 is 0 Å². The van der Waals surface area contributed by atoms with Crippen molar-refractivity contribution >= 4 is 41.2 Å². The van der Waals surface area contributed by atoms with Gasteiger partial charge in [0.1, 0.15) is 18.3 Å². The van der Waals surface area contributed by atoms with E-state index in [-0.39, 0.29) is 25.4 Å². The third-order valence-electron chi connectivity index (χ3n) is 5.12. The molecule has 2 aliphatic heterocycles. The number of nitriles is 1. The van der Waals surface area contributed by atoms with Gasteiger partial charge in [0.2, 0.25) is 5.91 Å². The lowest BCUT2D eigenvalue weighted by Gasteiger charge is -2.36. The first-order valence-corrected chi connectivity index (χ1v) is 9.86. The van der Waals surface area contributed by atoms with E-state index in [1.807, 2.05) is 11.0 Å². The molecular weight excluding hydrogens is 413 g/mol. The Morgan fingerprint density at radius 1 is 1.33 bits per heavy atom. The summed E-state index contributed by atoms with van der Waals surface area (Å²) < 4.78 is 20.1. The highest BCUT2D eigenvalue weighted by atomic mass is 32.1. The monoisotopic (exact) mass is 435 g/mol. The second kappa shape index (κ2) is 9.21. The van der Waals surface area contributed by atoms with Crippen LogP contribution in [0, 0.1) is 17.1 Å². The fourth-order valence-electron chi connectivity index (χ4n) is 3.51. The summed E-state index contributed by atoms with van der Waals surface area (Å²) in [7, 11) is 1.55. The Labute approximate surface area is 179 Å². The topological polar surface area (TPSA) is 97.2 Å². The number of nitrogens with zero attached hydrogens (tertiary/aromatic N) is 5. The minimum Gasteiger partial charge on any atom is -0.442 e. The van der Waals surface area contributed by atoms with Crippen LogP contribution < -0.4 is 9.80 Å². The van der Waals surface area contributed by atoms with Crippen LogP contribution >= 0.6 is 12.6 Å². The van der Waals surface area contributed by atoms with Gasteiger partial charge in [-0.25, -0.2) is 9.18 Å². The van der Waals surface area contributed by atoms with Gasteiger partial charge in [0, 0.05) is 33.2 Å². The standard InChI is InChI=1S/C19H22FN5O4S/c1-22(19(28)30)11-14-12-25(18(27)29-14)13-2-3-16(15(20)10-13)23-6-8-24(9-7-23)17(26)4-5-21/h2-3,10,14H,4,6-9,11-12H2,1H3,(H,28,30)/t14-/m1/s1. The molecular formula is C19H22FN5O4S. The third kappa shape index (κ3) is 4.76. The molecule has 2 heterocycles. The van der Waals surface area contributed by atoms with E-state index in [0.717, 1.165) is 0 Å². The zero-order chi connectivity index (χ0) is 21.8. The van der Waals surface area contributed by atoms with Gasteiger partial charge < -0.3 is 19.4 Å². The van der Waals surface area contributed by atoms with Crippen LogP contribution in [0.3, 0.4) is 0 Å². The molecule has 0 radical (unpaired) electrons. The molecule has 1 atom stereocenters.